The summed E-state index contributed by atoms with van der Waals surface area (Å²) in [4.78, 5) is 13.8. The van der Waals surface area contributed by atoms with Crippen LogP contribution in [0.2, 0.25) is 0 Å². The SMILES string of the molecule is COc1ccc(CN(C)C(=O)NC2CCCCCC2)cc1F. The van der Waals surface area contributed by atoms with Gasteiger partial charge in [0.1, 0.15) is 0 Å². The summed E-state index contributed by atoms with van der Waals surface area (Å²) in [5.74, 6) is -0.188. The summed E-state index contributed by atoms with van der Waals surface area (Å²) in [5, 5.41) is 3.08. The first-order valence-electron chi connectivity index (χ1n) is 7.94. The zero-order valence-electron chi connectivity index (χ0n) is 13.4. The molecule has 1 aromatic rings. The third kappa shape index (κ3) is 4.61. The van der Waals surface area contributed by atoms with Crippen LogP contribution in [0.5, 0.6) is 5.75 Å². The molecule has 4 nitrogen and oxygen atoms in total. The highest BCUT2D eigenvalue weighted by Gasteiger charge is 2.17. The number of methoxy groups -OCH3 is 1. The Morgan fingerprint density at radius 3 is 2.59 bits per heavy atom. The summed E-state index contributed by atoms with van der Waals surface area (Å²) < 4.78 is 18.6. The predicted molar refractivity (Wildman–Crippen MR) is 84.4 cm³/mol. The number of hydrogen-bond donors (Lipinski definition) is 1. The second kappa shape index (κ2) is 8.01. The van der Waals surface area contributed by atoms with Crippen LogP contribution >= 0.6 is 0 Å². The van der Waals surface area contributed by atoms with Crippen molar-refractivity contribution in [1.29, 1.82) is 0 Å². The molecule has 22 heavy (non-hydrogen) atoms. The number of amides is 2. The first-order chi connectivity index (χ1) is 10.6. The quantitative estimate of drug-likeness (QED) is 0.862. The van der Waals surface area contributed by atoms with Crippen LogP contribution in [0.3, 0.4) is 0 Å². The molecule has 1 aromatic carbocycles. The van der Waals surface area contributed by atoms with E-state index in [1.165, 1.54) is 38.9 Å². The average molecular weight is 308 g/mol. The van der Waals surface area contributed by atoms with E-state index in [9.17, 15) is 9.18 Å². The number of nitrogens with one attached hydrogen (secondary N) is 1. The second-order valence-electron chi connectivity index (χ2n) is 5.96. The maximum atomic E-state index is 13.7. The van der Waals surface area contributed by atoms with Gasteiger partial charge in [-0.15, -0.1) is 0 Å². The maximum Gasteiger partial charge on any atom is 0.317 e. The molecule has 0 aromatic heterocycles. The highest BCUT2D eigenvalue weighted by atomic mass is 19.1. The molecule has 0 atom stereocenters. The van der Waals surface area contributed by atoms with E-state index in [-0.39, 0.29) is 17.8 Å². The molecule has 5 heteroatoms. The molecule has 1 aliphatic carbocycles. The van der Waals surface area contributed by atoms with Crippen molar-refractivity contribution in [2.75, 3.05) is 14.2 Å². The van der Waals surface area contributed by atoms with E-state index in [0.717, 1.165) is 18.4 Å². The van der Waals surface area contributed by atoms with E-state index < -0.39 is 5.82 Å². The Morgan fingerprint density at radius 2 is 2.00 bits per heavy atom. The van der Waals surface area contributed by atoms with Gasteiger partial charge in [-0.25, -0.2) is 9.18 Å². The number of hydrogen-bond acceptors (Lipinski definition) is 2. The van der Waals surface area contributed by atoms with Crippen LogP contribution in [0.4, 0.5) is 9.18 Å². The lowest BCUT2D eigenvalue weighted by atomic mass is 10.1. The van der Waals surface area contributed by atoms with Crippen molar-refractivity contribution >= 4 is 6.03 Å². The summed E-state index contributed by atoms with van der Waals surface area (Å²) in [7, 11) is 3.17. The topological polar surface area (TPSA) is 41.6 Å². The van der Waals surface area contributed by atoms with E-state index >= 15 is 0 Å². The van der Waals surface area contributed by atoms with Gasteiger partial charge in [0.15, 0.2) is 11.6 Å². The first-order valence-corrected chi connectivity index (χ1v) is 7.94. The predicted octanol–water partition coefficient (Wildman–Crippen LogP) is 3.70. The molecule has 1 saturated carbocycles. The number of halogens is 1. The third-order valence-electron chi connectivity index (χ3n) is 4.17. The van der Waals surface area contributed by atoms with Crippen molar-refractivity contribution in [3.63, 3.8) is 0 Å². The van der Waals surface area contributed by atoms with Gasteiger partial charge in [-0.05, 0) is 30.5 Å². The summed E-state index contributed by atoms with van der Waals surface area (Å²) in [6.07, 6.45) is 6.98. The van der Waals surface area contributed by atoms with E-state index in [1.807, 2.05) is 0 Å². The molecule has 122 valence electrons. The largest absolute Gasteiger partial charge is 0.494 e. The van der Waals surface area contributed by atoms with E-state index in [2.05, 4.69) is 5.32 Å². The molecule has 0 radical (unpaired) electrons. The maximum absolute atomic E-state index is 13.7. The van der Waals surface area contributed by atoms with Gasteiger partial charge in [-0.3, -0.25) is 0 Å². The van der Waals surface area contributed by atoms with Crippen LogP contribution < -0.4 is 10.1 Å². The van der Waals surface area contributed by atoms with Crippen LogP contribution in [0.1, 0.15) is 44.1 Å². The molecular weight excluding hydrogens is 283 g/mol. The van der Waals surface area contributed by atoms with Crippen molar-refractivity contribution in [2.24, 2.45) is 0 Å². The number of rotatable bonds is 4. The van der Waals surface area contributed by atoms with Crippen molar-refractivity contribution in [2.45, 2.75) is 51.1 Å². The summed E-state index contributed by atoms with van der Waals surface area (Å²) in [5.41, 5.74) is 0.747. The lowest BCUT2D eigenvalue weighted by Crippen LogP contribution is -2.42. The van der Waals surface area contributed by atoms with Crippen LogP contribution in [-0.4, -0.2) is 31.1 Å². The van der Waals surface area contributed by atoms with Crippen molar-refractivity contribution < 1.29 is 13.9 Å². The molecule has 0 unspecified atom stereocenters. The summed E-state index contributed by atoms with van der Waals surface area (Å²) in [6, 6.07) is 4.95. The van der Waals surface area contributed by atoms with E-state index in [0.29, 0.717) is 6.54 Å². The number of carbonyl (C=O) groups is 1. The van der Waals surface area contributed by atoms with Crippen molar-refractivity contribution in [3.8, 4) is 5.75 Å². The zero-order valence-corrected chi connectivity index (χ0v) is 13.4. The Bertz CT molecular complexity index is 499. The Kier molecular flexibility index (Phi) is 6.04. The van der Waals surface area contributed by atoms with Crippen LogP contribution in [0, 0.1) is 5.82 Å². The Balaban J connectivity index is 1.88. The monoisotopic (exact) mass is 308 g/mol. The minimum Gasteiger partial charge on any atom is -0.494 e. The normalized spacial score (nSPS) is 16.0. The average Bonchev–Trinajstić information content (AvgIpc) is 2.76. The van der Waals surface area contributed by atoms with Crippen molar-refractivity contribution in [3.05, 3.63) is 29.6 Å². The Hall–Kier alpha value is -1.78. The van der Waals surface area contributed by atoms with Gasteiger partial charge < -0.3 is 15.0 Å². The third-order valence-corrected chi connectivity index (χ3v) is 4.17. The van der Waals surface area contributed by atoms with Gasteiger partial charge >= 0.3 is 6.03 Å². The molecule has 1 N–H and O–H groups in total. The summed E-state index contributed by atoms with van der Waals surface area (Å²) >= 11 is 0. The molecular formula is C17H25FN2O2. The molecule has 2 rings (SSSR count). The molecule has 0 spiro atoms. The number of carbonyl (C=O) groups excluding carboxylic acids is 1. The van der Waals surface area contributed by atoms with Crippen molar-refractivity contribution in [1.82, 2.24) is 10.2 Å². The highest BCUT2D eigenvalue weighted by Crippen LogP contribution is 2.19. The molecule has 0 heterocycles. The number of nitrogens with zero attached hydrogens (tertiary/aromatic N) is 1. The zero-order chi connectivity index (χ0) is 15.9. The number of benzene rings is 1. The smallest absolute Gasteiger partial charge is 0.317 e. The van der Waals surface area contributed by atoms with Gasteiger partial charge in [0.2, 0.25) is 0 Å². The van der Waals surface area contributed by atoms with Gasteiger partial charge in [0.05, 0.1) is 7.11 Å². The van der Waals surface area contributed by atoms with Gasteiger partial charge in [0.25, 0.3) is 0 Å². The molecule has 1 aliphatic rings. The highest BCUT2D eigenvalue weighted by molar-refractivity contribution is 5.74. The molecule has 0 saturated heterocycles. The van der Waals surface area contributed by atoms with Crippen LogP contribution in [0.25, 0.3) is 0 Å². The van der Waals surface area contributed by atoms with Gasteiger partial charge in [-0.1, -0.05) is 31.7 Å². The first kappa shape index (κ1) is 16.6. The second-order valence-corrected chi connectivity index (χ2v) is 5.96. The van der Waals surface area contributed by atoms with Crippen LogP contribution in [0.15, 0.2) is 18.2 Å². The number of urea groups is 1. The lowest BCUT2D eigenvalue weighted by molar-refractivity contribution is 0.201. The fourth-order valence-corrected chi connectivity index (χ4v) is 2.86. The Labute approximate surface area is 131 Å². The molecule has 2 amide bonds. The van der Waals surface area contributed by atoms with E-state index in [1.54, 1.807) is 24.1 Å². The fourth-order valence-electron chi connectivity index (χ4n) is 2.86. The minimum atomic E-state index is -0.405. The van der Waals surface area contributed by atoms with Gasteiger partial charge in [-0.2, -0.15) is 0 Å². The standard InChI is InChI=1S/C17H25FN2O2/c1-20(12-13-9-10-16(22-2)15(18)11-13)17(21)19-14-7-5-3-4-6-8-14/h9-11,14H,3-8,12H2,1-2H3,(H,19,21). The fraction of sp³-hybridized carbons (Fsp3) is 0.588. The Morgan fingerprint density at radius 1 is 1.32 bits per heavy atom. The summed E-state index contributed by atoms with van der Waals surface area (Å²) in [6.45, 7) is 0.374. The lowest BCUT2D eigenvalue weighted by Gasteiger charge is -2.23. The molecule has 1 fully saturated rings. The number of ether oxygens (including phenoxy) is 1. The van der Waals surface area contributed by atoms with E-state index in [4.69, 9.17) is 4.74 Å². The minimum absolute atomic E-state index is 0.0943. The van der Waals surface area contributed by atoms with Crippen LogP contribution in [-0.2, 0) is 6.54 Å². The molecule has 0 bridgehead atoms. The molecule has 0 aliphatic heterocycles. The van der Waals surface area contributed by atoms with Gasteiger partial charge in [0, 0.05) is 19.6 Å².